The number of methoxy groups -OCH3 is 1. The third-order valence-electron chi connectivity index (χ3n) is 2.73. The van der Waals surface area contributed by atoms with Crippen molar-refractivity contribution in [3.8, 4) is 5.88 Å². The highest BCUT2D eigenvalue weighted by molar-refractivity contribution is 5.93. The van der Waals surface area contributed by atoms with Crippen LogP contribution in [0.25, 0.3) is 0 Å². The number of hydrogen-bond acceptors (Lipinski definition) is 5. The summed E-state index contributed by atoms with van der Waals surface area (Å²) in [6, 6.07) is 4.85. The number of nitrogens with one attached hydrogen (secondary N) is 1. The van der Waals surface area contributed by atoms with Crippen molar-refractivity contribution in [3.63, 3.8) is 0 Å². The fourth-order valence-electron chi connectivity index (χ4n) is 1.97. The molecule has 0 aliphatic carbocycles. The average Bonchev–Trinajstić information content (AvgIpc) is 2.37. The van der Waals surface area contributed by atoms with Crippen molar-refractivity contribution < 1.29 is 24.2 Å². The lowest BCUT2D eigenvalue weighted by molar-refractivity contribution is -0.139. The molecule has 2 N–H and O–H groups in total. The first kappa shape index (κ1) is 17.9. The summed E-state index contributed by atoms with van der Waals surface area (Å²) in [7, 11) is 1.45. The molecular weight excluding hydrogens is 288 g/mol. The molecule has 0 aliphatic rings. The van der Waals surface area contributed by atoms with Crippen LogP contribution in [0.15, 0.2) is 18.2 Å². The second-order valence-corrected chi connectivity index (χ2v) is 5.55. The zero-order valence-electron chi connectivity index (χ0n) is 13.3. The van der Waals surface area contributed by atoms with Crippen LogP contribution in [-0.4, -0.2) is 47.3 Å². The van der Waals surface area contributed by atoms with E-state index in [0.29, 0.717) is 5.88 Å². The Kier molecular flexibility index (Phi) is 6.30. The van der Waals surface area contributed by atoms with Gasteiger partial charge in [-0.3, -0.25) is 9.59 Å². The van der Waals surface area contributed by atoms with Crippen LogP contribution in [0.1, 0.15) is 37.7 Å². The molecule has 122 valence electrons. The standard InChI is InChI=1S/C15H22N2O5/c1-10(2)22-12-7-5-6-11(16-12)14(20)17-15(3,9-21-4)8-13(18)19/h5-7,10H,8-9H2,1-4H3,(H,17,20)(H,18,19). The van der Waals surface area contributed by atoms with Gasteiger partial charge in [0.05, 0.1) is 24.7 Å². The summed E-state index contributed by atoms with van der Waals surface area (Å²) < 4.78 is 10.4. The number of carbonyl (C=O) groups is 2. The number of rotatable bonds is 8. The van der Waals surface area contributed by atoms with Crippen LogP contribution in [0.3, 0.4) is 0 Å². The fourth-order valence-corrected chi connectivity index (χ4v) is 1.97. The van der Waals surface area contributed by atoms with Gasteiger partial charge in [-0.25, -0.2) is 4.98 Å². The lowest BCUT2D eigenvalue weighted by Gasteiger charge is -2.28. The van der Waals surface area contributed by atoms with Crippen molar-refractivity contribution in [3.05, 3.63) is 23.9 Å². The van der Waals surface area contributed by atoms with Gasteiger partial charge in [0.15, 0.2) is 0 Å². The minimum absolute atomic E-state index is 0.0587. The third kappa shape index (κ3) is 5.69. The largest absolute Gasteiger partial charge is 0.481 e. The van der Waals surface area contributed by atoms with E-state index in [1.165, 1.54) is 13.2 Å². The quantitative estimate of drug-likeness (QED) is 0.754. The number of amides is 1. The minimum Gasteiger partial charge on any atom is -0.481 e. The second kappa shape index (κ2) is 7.74. The van der Waals surface area contributed by atoms with E-state index in [4.69, 9.17) is 14.6 Å². The van der Waals surface area contributed by atoms with E-state index in [-0.39, 0.29) is 24.8 Å². The summed E-state index contributed by atoms with van der Waals surface area (Å²) in [5.41, 5.74) is -0.861. The van der Waals surface area contributed by atoms with Crippen LogP contribution >= 0.6 is 0 Å². The molecule has 22 heavy (non-hydrogen) atoms. The molecule has 1 atom stereocenters. The van der Waals surface area contributed by atoms with Crippen LogP contribution < -0.4 is 10.1 Å². The van der Waals surface area contributed by atoms with E-state index in [1.54, 1.807) is 19.1 Å². The van der Waals surface area contributed by atoms with Crippen molar-refractivity contribution in [1.29, 1.82) is 0 Å². The molecule has 0 radical (unpaired) electrons. The number of carboxylic acids is 1. The van der Waals surface area contributed by atoms with Gasteiger partial charge in [-0.2, -0.15) is 0 Å². The Labute approximate surface area is 129 Å². The van der Waals surface area contributed by atoms with E-state index in [1.807, 2.05) is 13.8 Å². The van der Waals surface area contributed by atoms with E-state index < -0.39 is 17.4 Å². The van der Waals surface area contributed by atoms with Crippen molar-refractivity contribution >= 4 is 11.9 Å². The Morgan fingerprint density at radius 2 is 2.09 bits per heavy atom. The van der Waals surface area contributed by atoms with Crippen LogP contribution in [0.5, 0.6) is 5.88 Å². The number of aliphatic carboxylic acids is 1. The van der Waals surface area contributed by atoms with Gasteiger partial charge < -0.3 is 19.9 Å². The normalized spacial score (nSPS) is 13.5. The van der Waals surface area contributed by atoms with Crippen LogP contribution in [0, 0.1) is 0 Å². The van der Waals surface area contributed by atoms with Gasteiger partial charge in [0, 0.05) is 13.2 Å². The average molecular weight is 310 g/mol. The van der Waals surface area contributed by atoms with Crippen LogP contribution in [-0.2, 0) is 9.53 Å². The number of aromatic nitrogens is 1. The molecule has 0 aromatic carbocycles. The maximum Gasteiger partial charge on any atom is 0.305 e. The number of carbonyl (C=O) groups excluding carboxylic acids is 1. The first-order chi connectivity index (χ1) is 10.3. The topological polar surface area (TPSA) is 97.8 Å². The molecule has 7 nitrogen and oxygen atoms in total. The zero-order valence-corrected chi connectivity index (χ0v) is 13.3. The molecule has 1 amide bonds. The molecule has 0 fully saturated rings. The Balaban J connectivity index is 2.87. The minimum atomic E-state index is -1.02. The molecule has 0 spiro atoms. The molecule has 1 rings (SSSR count). The van der Waals surface area contributed by atoms with Crippen LogP contribution in [0.2, 0.25) is 0 Å². The highest BCUT2D eigenvalue weighted by Crippen LogP contribution is 2.14. The smallest absolute Gasteiger partial charge is 0.305 e. The van der Waals surface area contributed by atoms with Gasteiger partial charge >= 0.3 is 5.97 Å². The molecule has 0 aliphatic heterocycles. The molecule has 0 bridgehead atoms. The number of hydrogen-bond donors (Lipinski definition) is 2. The molecular formula is C15H22N2O5. The SMILES string of the molecule is COCC(C)(CC(=O)O)NC(=O)c1cccc(OC(C)C)n1. The molecule has 0 saturated heterocycles. The first-order valence-corrected chi connectivity index (χ1v) is 6.93. The summed E-state index contributed by atoms with van der Waals surface area (Å²) in [5.74, 6) is -1.16. The highest BCUT2D eigenvalue weighted by atomic mass is 16.5. The van der Waals surface area contributed by atoms with E-state index in [0.717, 1.165) is 0 Å². The number of pyridine rings is 1. The number of carboxylic acid groups (broad SMARTS) is 1. The fraction of sp³-hybridized carbons (Fsp3) is 0.533. The number of nitrogens with zero attached hydrogens (tertiary/aromatic N) is 1. The summed E-state index contributed by atoms with van der Waals surface area (Å²) in [6.45, 7) is 5.40. The van der Waals surface area contributed by atoms with E-state index >= 15 is 0 Å². The third-order valence-corrected chi connectivity index (χ3v) is 2.73. The first-order valence-electron chi connectivity index (χ1n) is 6.93. The molecule has 7 heteroatoms. The molecule has 1 aromatic heterocycles. The van der Waals surface area contributed by atoms with Gasteiger partial charge in [0.1, 0.15) is 5.69 Å². The van der Waals surface area contributed by atoms with E-state index in [2.05, 4.69) is 10.3 Å². The summed E-state index contributed by atoms with van der Waals surface area (Å²) in [6.07, 6.45) is -0.314. The van der Waals surface area contributed by atoms with Gasteiger partial charge in [-0.05, 0) is 26.8 Å². The maximum atomic E-state index is 12.3. The Hall–Kier alpha value is -2.15. The van der Waals surface area contributed by atoms with Crippen LogP contribution in [0.4, 0.5) is 0 Å². The molecule has 0 saturated carbocycles. The Bertz CT molecular complexity index is 532. The maximum absolute atomic E-state index is 12.3. The Morgan fingerprint density at radius 3 is 2.64 bits per heavy atom. The van der Waals surface area contributed by atoms with Gasteiger partial charge in [0.25, 0.3) is 5.91 Å². The second-order valence-electron chi connectivity index (χ2n) is 5.55. The number of ether oxygens (including phenoxy) is 2. The molecule has 1 aromatic rings. The summed E-state index contributed by atoms with van der Waals surface area (Å²) in [5, 5.41) is 11.6. The van der Waals surface area contributed by atoms with Crippen molar-refractivity contribution in [2.45, 2.75) is 38.8 Å². The van der Waals surface area contributed by atoms with Crippen molar-refractivity contribution in [2.75, 3.05) is 13.7 Å². The highest BCUT2D eigenvalue weighted by Gasteiger charge is 2.30. The lowest BCUT2D eigenvalue weighted by Crippen LogP contribution is -2.51. The zero-order chi connectivity index (χ0) is 16.8. The summed E-state index contributed by atoms with van der Waals surface area (Å²) >= 11 is 0. The predicted molar refractivity (Wildman–Crippen MR) is 80.0 cm³/mol. The van der Waals surface area contributed by atoms with Gasteiger partial charge in [-0.1, -0.05) is 6.07 Å². The monoisotopic (exact) mass is 310 g/mol. The molecule has 1 unspecified atom stereocenters. The van der Waals surface area contributed by atoms with Gasteiger partial charge in [-0.15, -0.1) is 0 Å². The van der Waals surface area contributed by atoms with Crippen molar-refractivity contribution in [1.82, 2.24) is 10.3 Å². The Morgan fingerprint density at radius 1 is 1.41 bits per heavy atom. The predicted octanol–water partition coefficient (Wildman–Crippen LogP) is 1.48. The summed E-state index contributed by atoms with van der Waals surface area (Å²) in [4.78, 5) is 27.3. The van der Waals surface area contributed by atoms with Gasteiger partial charge in [0.2, 0.25) is 5.88 Å². The molecule has 1 heterocycles. The van der Waals surface area contributed by atoms with E-state index in [9.17, 15) is 9.59 Å². The van der Waals surface area contributed by atoms with Crippen molar-refractivity contribution in [2.24, 2.45) is 0 Å². The lowest BCUT2D eigenvalue weighted by atomic mass is 9.98.